The van der Waals surface area contributed by atoms with Gasteiger partial charge in [-0.25, -0.2) is 4.98 Å². The lowest BCUT2D eigenvalue weighted by Crippen LogP contribution is -2.13. The molecule has 1 heterocycles. The summed E-state index contributed by atoms with van der Waals surface area (Å²) in [6, 6.07) is 9.03. The molecule has 4 nitrogen and oxygen atoms in total. The van der Waals surface area contributed by atoms with E-state index >= 15 is 0 Å². The van der Waals surface area contributed by atoms with Gasteiger partial charge in [-0.05, 0) is 62.8 Å². The number of carbonyl (C=O) groups is 1. The molecule has 0 atom stereocenters. The fourth-order valence-electron chi connectivity index (χ4n) is 1.44. The van der Waals surface area contributed by atoms with Crippen LogP contribution in [0.5, 0.6) is 5.88 Å². The van der Waals surface area contributed by atoms with Crippen molar-refractivity contribution < 1.29 is 9.53 Å². The summed E-state index contributed by atoms with van der Waals surface area (Å²) in [5.41, 5.74) is 1.21. The number of pyridine rings is 1. The van der Waals surface area contributed by atoms with E-state index in [4.69, 9.17) is 4.74 Å². The number of benzene rings is 1. The molecule has 0 spiro atoms. The van der Waals surface area contributed by atoms with Crippen molar-refractivity contribution in [2.24, 2.45) is 0 Å². The predicted molar refractivity (Wildman–Crippen MR) is 85.6 cm³/mol. The van der Waals surface area contributed by atoms with E-state index in [0.717, 1.165) is 8.04 Å². The Labute approximate surface area is 132 Å². The Bertz CT molecular complexity index is 602. The molecule has 0 aliphatic carbocycles. The second-order valence-corrected chi connectivity index (χ2v) is 5.77. The molecule has 0 saturated carbocycles. The smallest absolute Gasteiger partial charge is 0.256 e. The molecule has 1 aromatic carbocycles. The molecule has 0 bridgehead atoms. The maximum Gasteiger partial charge on any atom is 0.256 e. The van der Waals surface area contributed by atoms with Gasteiger partial charge in [0.1, 0.15) is 0 Å². The van der Waals surface area contributed by atoms with Crippen LogP contribution in [-0.2, 0) is 0 Å². The predicted octanol–water partition coefficient (Wildman–Crippen LogP) is 3.71. The van der Waals surface area contributed by atoms with Gasteiger partial charge >= 0.3 is 0 Å². The molecule has 0 radical (unpaired) electrons. The molecule has 2 aromatic rings. The largest absolute Gasteiger partial charge is 0.481 e. The van der Waals surface area contributed by atoms with Gasteiger partial charge in [-0.2, -0.15) is 0 Å². The molecule has 0 aliphatic rings. The van der Waals surface area contributed by atoms with Gasteiger partial charge in [-0.15, -0.1) is 0 Å². The van der Waals surface area contributed by atoms with Gasteiger partial charge in [0.05, 0.1) is 24.6 Å². The standard InChI is InChI=1S/C13H10BrIN2O2/c1-19-12-5-3-9(7-16-12)17-13(18)10-6-8(15)2-4-11(10)14/h2-7H,1H3,(H,17,18). The maximum atomic E-state index is 12.1. The highest BCUT2D eigenvalue weighted by molar-refractivity contribution is 14.1. The first-order chi connectivity index (χ1) is 9.10. The summed E-state index contributed by atoms with van der Waals surface area (Å²) in [7, 11) is 1.55. The summed E-state index contributed by atoms with van der Waals surface area (Å²) in [5, 5.41) is 2.79. The van der Waals surface area contributed by atoms with Crippen molar-refractivity contribution in [3.8, 4) is 5.88 Å². The van der Waals surface area contributed by atoms with Crippen molar-refractivity contribution in [2.45, 2.75) is 0 Å². The molecular weight excluding hydrogens is 423 g/mol. The van der Waals surface area contributed by atoms with Crippen LogP contribution >= 0.6 is 38.5 Å². The number of aromatic nitrogens is 1. The van der Waals surface area contributed by atoms with Crippen LogP contribution in [0.2, 0.25) is 0 Å². The fraction of sp³-hybridized carbons (Fsp3) is 0.0769. The Morgan fingerprint density at radius 2 is 2.16 bits per heavy atom. The van der Waals surface area contributed by atoms with Gasteiger partial charge < -0.3 is 10.1 Å². The van der Waals surface area contributed by atoms with E-state index in [1.54, 1.807) is 25.4 Å². The highest BCUT2D eigenvalue weighted by Crippen LogP contribution is 2.21. The number of nitrogens with one attached hydrogen (secondary N) is 1. The number of methoxy groups -OCH3 is 1. The SMILES string of the molecule is COc1ccc(NC(=O)c2cc(I)ccc2Br)cn1. The second-order valence-electron chi connectivity index (χ2n) is 3.67. The average molecular weight is 433 g/mol. The number of ether oxygens (including phenoxy) is 1. The zero-order chi connectivity index (χ0) is 13.8. The van der Waals surface area contributed by atoms with E-state index in [1.165, 1.54) is 0 Å². The zero-order valence-corrected chi connectivity index (χ0v) is 13.7. The normalized spacial score (nSPS) is 10.1. The Balaban J connectivity index is 2.18. The summed E-state index contributed by atoms with van der Waals surface area (Å²) in [4.78, 5) is 16.2. The van der Waals surface area contributed by atoms with Crippen LogP contribution in [0.15, 0.2) is 41.0 Å². The molecule has 6 heteroatoms. The van der Waals surface area contributed by atoms with Gasteiger partial charge in [-0.3, -0.25) is 4.79 Å². The van der Waals surface area contributed by atoms with Gasteiger partial charge in [0.25, 0.3) is 5.91 Å². The fourth-order valence-corrected chi connectivity index (χ4v) is 2.36. The van der Waals surface area contributed by atoms with Crippen molar-refractivity contribution in [3.63, 3.8) is 0 Å². The molecule has 98 valence electrons. The lowest BCUT2D eigenvalue weighted by Gasteiger charge is -2.07. The molecule has 0 saturated heterocycles. The maximum absolute atomic E-state index is 12.1. The van der Waals surface area contributed by atoms with Gasteiger partial charge in [-0.1, -0.05) is 0 Å². The summed E-state index contributed by atoms with van der Waals surface area (Å²) < 4.78 is 6.72. The number of nitrogens with zero attached hydrogens (tertiary/aromatic N) is 1. The minimum absolute atomic E-state index is 0.183. The number of hydrogen-bond acceptors (Lipinski definition) is 3. The Hall–Kier alpha value is -1.15. The Morgan fingerprint density at radius 1 is 1.37 bits per heavy atom. The highest BCUT2D eigenvalue weighted by Gasteiger charge is 2.11. The van der Waals surface area contributed by atoms with E-state index in [9.17, 15) is 4.79 Å². The first kappa shape index (κ1) is 14.3. The van der Waals surface area contributed by atoms with Crippen LogP contribution in [0.25, 0.3) is 0 Å². The molecule has 1 N–H and O–H groups in total. The number of rotatable bonds is 3. The number of amides is 1. The van der Waals surface area contributed by atoms with Crippen LogP contribution in [0.1, 0.15) is 10.4 Å². The van der Waals surface area contributed by atoms with Crippen LogP contribution in [0.3, 0.4) is 0 Å². The van der Waals surface area contributed by atoms with E-state index in [2.05, 4.69) is 48.8 Å². The number of anilines is 1. The first-order valence-electron chi connectivity index (χ1n) is 5.36. The van der Waals surface area contributed by atoms with Crippen molar-refractivity contribution in [1.82, 2.24) is 4.98 Å². The third-order valence-electron chi connectivity index (χ3n) is 2.38. The average Bonchev–Trinajstić information content (AvgIpc) is 2.42. The third-order valence-corrected chi connectivity index (χ3v) is 3.74. The molecule has 19 heavy (non-hydrogen) atoms. The minimum Gasteiger partial charge on any atom is -0.481 e. The van der Waals surface area contributed by atoms with Crippen molar-refractivity contribution in [3.05, 3.63) is 50.1 Å². The number of halogens is 2. The van der Waals surface area contributed by atoms with Crippen LogP contribution < -0.4 is 10.1 Å². The van der Waals surface area contributed by atoms with E-state index in [0.29, 0.717) is 17.1 Å². The Kier molecular flexibility index (Phi) is 4.76. The van der Waals surface area contributed by atoms with Crippen molar-refractivity contribution >= 4 is 50.1 Å². The summed E-state index contributed by atoms with van der Waals surface area (Å²) in [5.74, 6) is 0.325. The second kappa shape index (κ2) is 6.33. The molecule has 0 unspecified atom stereocenters. The minimum atomic E-state index is -0.183. The quantitative estimate of drug-likeness (QED) is 0.752. The van der Waals surface area contributed by atoms with Crippen LogP contribution in [0, 0.1) is 3.57 Å². The topological polar surface area (TPSA) is 51.2 Å². The summed E-state index contributed by atoms with van der Waals surface area (Å²) in [6.07, 6.45) is 1.55. The molecule has 0 aliphatic heterocycles. The molecule has 2 rings (SSSR count). The van der Waals surface area contributed by atoms with Crippen molar-refractivity contribution in [2.75, 3.05) is 12.4 Å². The number of carbonyl (C=O) groups excluding carboxylic acids is 1. The zero-order valence-electron chi connectivity index (χ0n) is 9.98. The molecule has 0 fully saturated rings. The lowest BCUT2D eigenvalue weighted by molar-refractivity contribution is 0.102. The number of hydrogen-bond donors (Lipinski definition) is 1. The van der Waals surface area contributed by atoms with E-state index in [-0.39, 0.29) is 5.91 Å². The summed E-state index contributed by atoms with van der Waals surface area (Å²) in [6.45, 7) is 0. The Morgan fingerprint density at radius 3 is 2.79 bits per heavy atom. The monoisotopic (exact) mass is 432 g/mol. The first-order valence-corrected chi connectivity index (χ1v) is 7.24. The molecule has 1 aromatic heterocycles. The van der Waals surface area contributed by atoms with Gasteiger partial charge in [0.15, 0.2) is 0 Å². The lowest BCUT2D eigenvalue weighted by atomic mass is 10.2. The van der Waals surface area contributed by atoms with Crippen molar-refractivity contribution in [1.29, 1.82) is 0 Å². The summed E-state index contributed by atoms with van der Waals surface area (Å²) >= 11 is 5.53. The van der Waals surface area contributed by atoms with Crippen LogP contribution in [-0.4, -0.2) is 18.0 Å². The molecule has 1 amide bonds. The third kappa shape index (κ3) is 3.66. The highest BCUT2D eigenvalue weighted by atomic mass is 127. The van der Waals surface area contributed by atoms with Gasteiger partial charge in [0, 0.05) is 14.1 Å². The van der Waals surface area contributed by atoms with E-state index in [1.807, 2.05) is 18.2 Å². The van der Waals surface area contributed by atoms with Gasteiger partial charge in [0.2, 0.25) is 5.88 Å². The van der Waals surface area contributed by atoms with Crippen LogP contribution in [0.4, 0.5) is 5.69 Å². The molecular formula is C13H10BrIN2O2. The van der Waals surface area contributed by atoms with E-state index < -0.39 is 0 Å².